The van der Waals surface area contributed by atoms with E-state index in [0.29, 0.717) is 11.8 Å². The molecule has 0 fully saturated rings. The number of hydrogen-bond donors (Lipinski definition) is 1. The van der Waals surface area contributed by atoms with E-state index >= 15 is 0 Å². The third kappa shape index (κ3) is 2.68. The normalized spacial score (nSPS) is 24.2. The van der Waals surface area contributed by atoms with Crippen molar-refractivity contribution in [3.05, 3.63) is 71.6 Å². The van der Waals surface area contributed by atoms with E-state index in [-0.39, 0.29) is 11.9 Å². The van der Waals surface area contributed by atoms with E-state index in [2.05, 4.69) is 36.5 Å². The van der Waals surface area contributed by atoms with Gasteiger partial charge >= 0.3 is 0 Å². The van der Waals surface area contributed by atoms with Crippen molar-refractivity contribution >= 4 is 5.69 Å². The van der Waals surface area contributed by atoms with Crippen LogP contribution in [-0.4, -0.2) is 6.61 Å². The SMILES string of the molecule is CCCOc1ccc2c(c1)C1C=CCC1C(c1ccc(F)cc1)N2. The number of ether oxygens (including phenoxy) is 1. The van der Waals surface area contributed by atoms with Crippen molar-refractivity contribution in [1.29, 1.82) is 0 Å². The summed E-state index contributed by atoms with van der Waals surface area (Å²) in [5.74, 6) is 1.61. The van der Waals surface area contributed by atoms with E-state index in [1.54, 1.807) is 12.1 Å². The van der Waals surface area contributed by atoms with Gasteiger partial charge in [-0.1, -0.05) is 31.2 Å². The summed E-state index contributed by atoms with van der Waals surface area (Å²) in [6, 6.07) is 13.4. The van der Waals surface area contributed by atoms with Crippen molar-refractivity contribution in [2.24, 2.45) is 5.92 Å². The summed E-state index contributed by atoms with van der Waals surface area (Å²) in [6.07, 6.45) is 6.62. The van der Waals surface area contributed by atoms with Crippen LogP contribution in [0.25, 0.3) is 0 Å². The van der Waals surface area contributed by atoms with Gasteiger partial charge in [0.2, 0.25) is 0 Å². The predicted molar refractivity (Wildman–Crippen MR) is 95.0 cm³/mol. The number of anilines is 1. The molecule has 1 heterocycles. The first kappa shape index (κ1) is 15.3. The molecule has 2 aromatic rings. The van der Waals surface area contributed by atoms with Crippen molar-refractivity contribution in [2.75, 3.05) is 11.9 Å². The largest absolute Gasteiger partial charge is 0.494 e. The summed E-state index contributed by atoms with van der Waals surface area (Å²) < 4.78 is 19.1. The maximum absolute atomic E-state index is 13.3. The Bertz CT molecular complexity index is 753. The second-order valence-electron chi connectivity index (χ2n) is 6.62. The van der Waals surface area contributed by atoms with Gasteiger partial charge in [-0.15, -0.1) is 0 Å². The zero-order valence-electron chi connectivity index (χ0n) is 13.8. The molecule has 3 atom stereocenters. The summed E-state index contributed by atoms with van der Waals surface area (Å²) in [5, 5.41) is 3.67. The zero-order chi connectivity index (χ0) is 16.5. The van der Waals surface area contributed by atoms with E-state index < -0.39 is 0 Å². The average molecular weight is 323 g/mol. The molecule has 1 N–H and O–H groups in total. The first-order valence-electron chi connectivity index (χ1n) is 8.71. The maximum atomic E-state index is 13.3. The number of halogens is 1. The Morgan fingerprint density at radius 1 is 1.17 bits per heavy atom. The number of fused-ring (bicyclic) bond motifs is 3. The minimum atomic E-state index is -0.186. The molecule has 2 nitrogen and oxygen atoms in total. The van der Waals surface area contributed by atoms with Gasteiger partial charge in [0.15, 0.2) is 0 Å². The standard InChI is InChI=1S/C21H22FNO/c1-2-12-24-16-10-11-20-19(13-16)17-4-3-5-18(17)21(23-20)14-6-8-15(22)9-7-14/h3-4,6-11,13,17-18,21,23H,2,5,12H2,1H3. The summed E-state index contributed by atoms with van der Waals surface area (Å²) >= 11 is 0. The number of rotatable bonds is 4. The Morgan fingerprint density at radius 3 is 2.79 bits per heavy atom. The van der Waals surface area contributed by atoms with Crippen molar-refractivity contribution in [3.8, 4) is 5.75 Å². The number of allylic oxidation sites excluding steroid dienone is 2. The fourth-order valence-electron chi connectivity index (χ4n) is 3.88. The van der Waals surface area contributed by atoms with Crippen LogP contribution < -0.4 is 10.1 Å². The third-order valence-electron chi connectivity index (χ3n) is 5.04. The van der Waals surface area contributed by atoms with E-state index in [4.69, 9.17) is 4.74 Å². The van der Waals surface area contributed by atoms with Gasteiger partial charge in [0.25, 0.3) is 0 Å². The van der Waals surface area contributed by atoms with Gasteiger partial charge in [-0.05, 0) is 60.2 Å². The second kappa shape index (κ2) is 6.31. The van der Waals surface area contributed by atoms with E-state index in [9.17, 15) is 4.39 Å². The van der Waals surface area contributed by atoms with Gasteiger partial charge in [-0.2, -0.15) is 0 Å². The molecular weight excluding hydrogens is 301 g/mol. The fourth-order valence-corrected chi connectivity index (χ4v) is 3.88. The second-order valence-corrected chi connectivity index (χ2v) is 6.62. The van der Waals surface area contributed by atoms with Gasteiger partial charge in [0.05, 0.1) is 12.6 Å². The lowest BCUT2D eigenvalue weighted by Gasteiger charge is -2.37. The third-order valence-corrected chi connectivity index (χ3v) is 5.04. The Hall–Kier alpha value is -2.29. The lowest BCUT2D eigenvalue weighted by Crippen LogP contribution is -2.29. The molecule has 24 heavy (non-hydrogen) atoms. The summed E-state index contributed by atoms with van der Waals surface area (Å²) in [7, 11) is 0. The van der Waals surface area contributed by atoms with Gasteiger partial charge in [-0.25, -0.2) is 4.39 Å². The van der Waals surface area contributed by atoms with Crippen LogP contribution in [0, 0.1) is 11.7 Å². The molecule has 0 spiro atoms. The first-order valence-corrected chi connectivity index (χ1v) is 8.71. The molecule has 0 amide bonds. The van der Waals surface area contributed by atoms with Crippen LogP contribution in [0.2, 0.25) is 0 Å². The maximum Gasteiger partial charge on any atom is 0.123 e. The number of nitrogens with one attached hydrogen (secondary N) is 1. The average Bonchev–Trinajstić information content (AvgIpc) is 3.10. The van der Waals surface area contributed by atoms with Crippen molar-refractivity contribution < 1.29 is 9.13 Å². The molecule has 0 saturated heterocycles. The molecule has 2 aromatic carbocycles. The minimum Gasteiger partial charge on any atom is -0.494 e. The van der Waals surface area contributed by atoms with Crippen molar-refractivity contribution in [3.63, 3.8) is 0 Å². The Morgan fingerprint density at radius 2 is 2.00 bits per heavy atom. The van der Waals surface area contributed by atoms with Crippen LogP contribution in [0.3, 0.4) is 0 Å². The number of benzene rings is 2. The Kier molecular flexibility index (Phi) is 4.01. The molecule has 0 radical (unpaired) electrons. The lowest BCUT2D eigenvalue weighted by molar-refractivity contribution is 0.316. The molecule has 1 aliphatic carbocycles. The lowest BCUT2D eigenvalue weighted by atomic mass is 9.77. The summed E-state index contributed by atoms with van der Waals surface area (Å²) in [6.45, 7) is 2.86. The smallest absolute Gasteiger partial charge is 0.123 e. The summed E-state index contributed by atoms with van der Waals surface area (Å²) in [5.41, 5.74) is 3.61. The molecule has 0 aromatic heterocycles. The zero-order valence-corrected chi connectivity index (χ0v) is 13.8. The van der Waals surface area contributed by atoms with Crippen LogP contribution in [0.5, 0.6) is 5.75 Å². The fraction of sp³-hybridized carbons (Fsp3) is 0.333. The van der Waals surface area contributed by atoms with Crippen LogP contribution >= 0.6 is 0 Å². The van der Waals surface area contributed by atoms with Gasteiger partial charge in [0.1, 0.15) is 11.6 Å². The highest BCUT2D eigenvalue weighted by Gasteiger charge is 2.37. The molecule has 0 bridgehead atoms. The van der Waals surface area contributed by atoms with Gasteiger partial charge in [0, 0.05) is 11.6 Å². The summed E-state index contributed by atoms with van der Waals surface area (Å²) in [4.78, 5) is 0. The quantitative estimate of drug-likeness (QED) is 0.756. The van der Waals surface area contributed by atoms with Crippen LogP contribution in [0.4, 0.5) is 10.1 Å². The first-order chi connectivity index (χ1) is 11.8. The van der Waals surface area contributed by atoms with Gasteiger partial charge in [-0.3, -0.25) is 0 Å². The minimum absolute atomic E-state index is 0.186. The van der Waals surface area contributed by atoms with Crippen molar-refractivity contribution in [1.82, 2.24) is 0 Å². The molecule has 2 aliphatic rings. The van der Waals surface area contributed by atoms with Crippen LogP contribution in [-0.2, 0) is 0 Å². The number of hydrogen-bond acceptors (Lipinski definition) is 2. The molecule has 3 heteroatoms. The predicted octanol–water partition coefficient (Wildman–Crippen LogP) is 5.44. The van der Waals surface area contributed by atoms with E-state index in [0.717, 1.165) is 36.4 Å². The highest BCUT2D eigenvalue weighted by atomic mass is 19.1. The molecule has 124 valence electrons. The molecule has 4 rings (SSSR count). The van der Waals surface area contributed by atoms with E-state index in [1.807, 2.05) is 18.2 Å². The highest BCUT2D eigenvalue weighted by Crippen LogP contribution is 2.50. The van der Waals surface area contributed by atoms with Gasteiger partial charge < -0.3 is 10.1 Å². The topological polar surface area (TPSA) is 21.3 Å². The Balaban J connectivity index is 1.68. The van der Waals surface area contributed by atoms with E-state index in [1.165, 1.54) is 5.56 Å². The molecule has 0 saturated carbocycles. The molecular formula is C21H22FNO. The molecule has 3 unspecified atom stereocenters. The van der Waals surface area contributed by atoms with Crippen LogP contribution in [0.1, 0.15) is 42.9 Å². The highest BCUT2D eigenvalue weighted by molar-refractivity contribution is 5.61. The van der Waals surface area contributed by atoms with Crippen molar-refractivity contribution in [2.45, 2.75) is 31.7 Å². The van der Waals surface area contributed by atoms with Crippen LogP contribution in [0.15, 0.2) is 54.6 Å². The Labute approximate surface area is 142 Å². The monoisotopic (exact) mass is 323 g/mol. The molecule has 1 aliphatic heterocycles.